The van der Waals surface area contributed by atoms with E-state index in [2.05, 4.69) is 10.2 Å². The highest BCUT2D eigenvalue weighted by Gasteiger charge is 2.21. The van der Waals surface area contributed by atoms with Crippen molar-refractivity contribution in [2.24, 2.45) is 0 Å². The van der Waals surface area contributed by atoms with Crippen LogP contribution in [-0.2, 0) is 4.74 Å². The van der Waals surface area contributed by atoms with Crippen molar-refractivity contribution < 1.29 is 18.9 Å². The van der Waals surface area contributed by atoms with Crippen molar-refractivity contribution in [1.82, 2.24) is 10.2 Å². The van der Waals surface area contributed by atoms with Gasteiger partial charge in [0.25, 0.3) is 11.6 Å². The Morgan fingerprint density at radius 1 is 1.19 bits per heavy atom. The van der Waals surface area contributed by atoms with Crippen LogP contribution >= 0.6 is 23.2 Å². The number of halogens is 2. The van der Waals surface area contributed by atoms with Crippen LogP contribution in [-0.4, -0.2) is 21.1 Å². The van der Waals surface area contributed by atoms with E-state index in [0.717, 1.165) is 0 Å². The molecule has 27 heavy (non-hydrogen) atoms. The molecule has 0 aliphatic rings. The monoisotopic (exact) mass is 407 g/mol. The second kappa shape index (κ2) is 7.73. The van der Waals surface area contributed by atoms with E-state index >= 15 is 0 Å². The van der Waals surface area contributed by atoms with E-state index in [-0.39, 0.29) is 28.1 Å². The molecule has 0 saturated carbocycles. The minimum Gasteiger partial charge on any atom is -0.449 e. The largest absolute Gasteiger partial charge is 0.449 e. The van der Waals surface area contributed by atoms with Crippen LogP contribution in [0, 0.1) is 10.1 Å². The zero-order valence-electron chi connectivity index (χ0n) is 13.8. The number of hydrogen-bond acceptors (Lipinski definition) is 7. The smallest absolute Gasteiger partial charge is 0.340 e. The van der Waals surface area contributed by atoms with Gasteiger partial charge in [0, 0.05) is 22.7 Å². The maximum Gasteiger partial charge on any atom is 0.340 e. The van der Waals surface area contributed by atoms with Crippen LogP contribution in [0.2, 0.25) is 10.0 Å². The molecule has 0 bridgehead atoms. The molecule has 8 nitrogen and oxygen atoms in total. The Kier molecular flexibility index (Phi) is 5.38. The summed E-state index contributed by atoms with van der Waals surface area (Å²) in [6.45, 7) is 1.56. The molecule has 0 aliphatic carbocycles. The molecule has 1 heterocycles. The number of carbonyl (C=O) groups is 1. The van der Waals surface area contributed by atoms with Gasteiger partial charge >= 0.3 is 5.97 Å². The first kappa shape index (κ1) is 18.8. The number of nitro benzene ring substituents is 1. The van der Waals surface area contributed by atoms with Crippen LogP contribution < -0.4 is 0 Å². The van der Waals surface area contributed by atoms with E-state index in [1.807, 2.05) is 0 Å². The van der Waals surface area contributed by atoms with Gasteiger partial charge in [-0.2, -0.15) is 0 Å². The Hall–Kier alpha value is -2.97. The minimum atomic E-state index is -0.830. The normalized spacial score (nSPS) is 11.8. The fraction of sp³-hybridized carbons (Fsp3) is 0.118. The Morgan fingerprint density at radius 2 is 1.89 bits per heavy atom. The van der Waals surface area contributed by atoms with Gasteiger partial charge in [0.05, 0.1) is 15.5 Å². The number of aromatic nitrogens is 2. The van der Waals surface area contributed by atoms with Gasteiger partial charge < -0.3 is 9.15 Å². The van der Waals surface area contributed by atoms with Crippen molar-refractivity contribution in [3.05, 3.63) is 74.1 Å². The summed E-state index contributed by atoms with van der Waals surface area (Å²) in [7, 11) is 0. The van der Waals surface area contributed by atoms with Crippen molar-refractivity contribution in [3.8, 4) is 11.5 Å². The van der Waals surface area contributed by atoms with Gasteiger partial charge in [0.1, 0.15) is 0 Å². The van der Waals surface area contributed by atoms with Crippen LogP contribution in [0.3, 0.4) is 0 Å². The summed E-state index contributed by atoms with van der Waals surface area (Å²) < 4.78 is 10.8. The molecule has 0 saturated heterocycles. The highest BCUT2D eigenvalue weighted by Crippen LogP contribution is 2.26. The SMILES string of the molecule is CC(OC(=O)c1ccc(Cl)cc1Cl)c1nnc(-c2ccc([N+](=O)[O-])cc2)o1. The molecular formula is C17H11Cl2N3O5. The summed E-state index contributed by atoms with van der Waals surface area (Å²) in [5, 5.41) is 19.0. The van der Waals surface area contributed by atoms with E-state index in [1.54, 1.807) is 6.92 Å². The second-order valence-electron chi connectivity index (χ2n) is 5.42. The zero-order chi connectivity index (χ0) is 19.6. The molecule has 0 fully saturated rings. The highest BCUT2D eigenvalue weighted by molar-refractivity contribution is 6.36. The Bertz CT molecular complexity index is 1000. The number of carbonyl (C=O) groups excluding carboxylic acids is 1. The molecule has 3 rings (SSSR count). The lowest BCUT2D eigenvalue weighted by molar-refractivity contribution is -0.384. The highest BCUT2D eigenvalue weighted by atomic mass is 35.5. The van der Waals surface area contributed by atoms with Crippen molar-refractivity contribution in [3.63, 3.8) is 0 Å². The fourth-order valence-corrected chi connectivity index (χ4v) is 2.66. The summed E-state index contributed by atoms with van der Waals surface area (Å²) in [5.74, 6) is -0.451. The lowest BCUT2D eigenvalue weighted by atomic mass is 10.2. The number of nitrogens with zero attached hydrogens (tertiary/aromatic N) is 3. The summed E-state index contributed by atoms with van der Waals surface area (Å²) >= 11 is 11.8. The molecule has 138 valence electrons. The second-order valence-corrected chi connectivity index (χ2v) is 6.26. The lowest BCUT2D eigenvalue weighted by Gasteiger charge is -2.10. The Morgan fingerprint density at radius 3 is 2.52 bits per heavy atom. The molecule has 2 aromatic carbocycles. The molecule has 3 aromatic rings. The van der Waals surface area contributed by atoms with Crippen LogP contribution in [0.15, 0.2) is 46.9 Å². The van der Waals surface area contributed by atoms with Crippen LogP contribution in [0.25, 0.3) is 11.5 Å². The van der Waals surface area contributed by atoms with Crippen molar-refractivity contribution in [2.75, 3.05) is 0 Å². The predicted octanol–water partition coefficient (Wildman–Crippen LogP) is 4.87. The third-order valence-electron chi connectivity index (χ3n) is 3.55. The third kappa shape index (κ3) is 4.24. The van der Waals surface area contributed by atoms with Crippen molar-refractivity contribution in [1.29, 1.82) is 0 Å². The van der Waals surface area contributed by atoms with Crippen molar-refractivity contribution >= 4 is 34.9 Å². The summed E-state index contributed by atoms with van der Waals surface area (Å²) in [5.41, 5.74) is 0.599. The van der Waals surface area contributed by atoms with Gasteiger partial charge in [-0.15, -0.1) is 10.2 Å². The zero-order valence-corrected chi connectivity index (χ0v) is 15.3. The molecule has 0 radical (unpaired) electrons. The van der Waals surface area contributed by atoms with E-state index in [4.69, 9.17) is 32.4 Å². The topological polar surface area (TPSA) is 108 Å². The predicted molar refractivity (Wildman–Crippen MR) is 96.7 cm³/mol. The van der Waals surface area contributed by atoms with Crippen LogP contribution in [0.5, 0.6) is 0 Å². The number of esters is 1. The van der Waals surface area contributed by atoms with E-state index in [0.29, 0.717) is 10.6 Å². The number of ether oxygens (including phenoxy) is 1. The number of non-ortho nitro benzene ring substituents is 1. The van der Waals surface area contributed by atoms with Gasteiger partial charge in [-0.05, 0) is 37.3 Å². The van der Waals surface area contributed by atoms with E-state index in [1.165, 1.54) is 42.5 Å². The van der Waals surface area contributed by atoms with Gasteiger partial charge in [0.2, 0.25) is 5.89 Å². The summed E-state index contributed by atoms with van der Waals surface area (Å²) in [4.78, 5) is 22.4. The first-order valence-electron chi connectivity index (χ1n) is 7.59. The molecular weight excluding hydrogens is 397 g/mol. The molecule has 0 amide bonds. The van der Waals surface area contributed by atoms with Gasteiger partial charge in [-0.3, -0.25) is 10.1 Å². The number of nitro groups is 1. The number of hydrogen-bond donors (Lipinski definition) is 0. The Labute approximate surface area is 162 Å². The summed E-state index contributed by atoms with van der Waals surface area (Å²) in [6, 6.07) is 10.0. The quantitative estimate of drug-likeness (QED) is 0.337. The minimum absolute atomic E-state index is 0.0550. The maximum absolute atomic E-state index is 12.2. The first-order valence-corrected chi connectivity index (χ1v) is 8.35. The van der Waals surface area contributed by atoms with Crippen LogP contribution in [0.4, 0.5) is 5.69 Å². The molecule has 1 atom stereocenters. The molecule has 10 heteroatoms. The van der Waals surface area contributed by atoms with E-state index in [9.17, 15) is 14.9 Å². The first-order chi connectivity index (χ1) is 12.8. The van der Waals surface area contributed by atoms with Crippen molar-refractivity contribution in [2.45, 2.75) is 13.0 Å². The summed E-state index contributed by atoms with van der Waals surface area (Å²) in [6.07, 6.45) is -0.830. The Balaban J connectivity index is 1.73. The van der Waals surface area contributed by atoms with Gasteiger partial charge in [-0.25, -0.2) is 4.79 Å². The molecule has 0 N–H and O–H groups in total. The van der Waals surface area contributed by atoms with Gasteiger partial charge in [0.15, 0.2) is 6.10 Å². The maximum atomic E-state index is 12.2. The molecule has 0 spiro atoms. The van der Waals surface area contributed by atoms with Crippen LogP contribution in [0.1, 0.15) is 29.3 Å². The lowest BCUT2D eigenvalue weighted by Crippen LogP contribution is -2.10. The number of benzene rings is 2. The van der Waals surface area contributed by atoms with Gasteiger partial charge in [-0.1, -0.05) is 23.2 Å². The number of rotatable bonds is 5. The van der Waals surface area contributed by atoms with E-state index < -0.39 is 17.0 Å². The molecule has 1 aromatic heterocycles. The average Bonchev–Trinajstić information content (AvgIpc) is 3.12. The molecule has 0 aliphatic heterocycles. The average molecular weight is 408 g/mol. The molecule has 1 unspecified atom stereocenters. The fourth-order valence-electron chi connectivity index (χ4n) is 2.17. The standard InChI is InChI=1S/C17H11Cl2N3O5/c1-9(26-17(23)13-7-4-11(18)8-14(13)19)15-20-21-16(27-15)10-2-5-12(6-3-10)22(24)25/h2-9H,1H3. The third-order valence-corrected chi connectivity index (χ3v) is 4.10.